The zero-order chi connectivity index (χ0) is 20.9. The molecule has 0 aliphatic carbocycles. The predicted molar refractivity (Wildman–Crippen MR) is 95.0 cm³/mol. The molecular formula is C19H20F3N3O3. The van der Waals surface area contributed by atoms with Gasteiger partial charge >= 0.3 is 6.18 Å². The number of carbonyl (C=O) groups is 2. The fourth-order valence-corrected chi connectivity index (χ4v) is 2.45. The topological polar surface area (TPSA) is 81.2 Å². The number of alkyl halides is 3. The minimum absolute atomic E-state index is 0.0196. The predicted octanol–water partition coefficient (Wildman–Crippen LogP) is 3.35. The maximum atomic E-state index is 12.4. The number of aromatic nitrogens is 2. The molecule has 150 valence electrons. The van der Waals surface area contributed by atoms with E-state index < -0.39 is 18.7 Å². The number of hydrogen-bond donors (Lipinski definition) is 1. The van der Waals surface area contributed by atoms with E-state index in [1.54, 1.807) is 25.3 Å². The third-order valence-electron chi connectivity index (χ3n) is 3.81. The Bertz CT molecular complexity index is 869. The number of halogens is 3. The molecule has 1 unspecified atom stereocenters. The van der Waals surface area contributed by atoms with Crippen LogP contribution in [0.15, 0.2) is 30.6 Å². The van der Waals surface area contributed by atoms with Gasteiger partial charge in [0.2, 0.25) is 0 Å². The number of ketones is 1. The highest BCUT2D eigenvalue weighted by Gasteiger charge is 2.28. The van der Waals surface area contributed by atoms with Gasteiger partial charge in [0.05, 0.1) is 12.2 Å². The number of pyridine rings is 2. The van der Waals surface area contributed by atoms with Crippen molar-refractivity contribution in [2.45, 2.75) is 39.4 Å². The summed E-state index contributed by atoms with van der Waals surface area (Å²) in [5, 5.41) is 2.76. The highest BCUT2D eigenvalue weighted by atomic mass is 19.4. The fourth-order valence-electron chi connectivity index (χ4n) is 2.45. The summed E-state index contributed by atoms with van der Waals surface area (Å²) in [6.45, 7) is 3.33. The number of nitrogens with one attached hydrogen (secondary N) is 1. The van der Waals surface area contributed by atoms with Crippen molar-refractivity contribution in [1.29, 1.82) is 0 Å². The molecule has 6 nitrogen and oxygen atoms in total. The van der Waals surface area contributed by atoms with E-state index in [0.717, 1.165) is 11.8 Å². The van der Waals surface area contributed by atoms with Gasteiger partial charge in [-0.05, 0) is 50.1 Å². The highest BCUT2D eigenvalue weighted by Crippen LogP contribution is 2.22. The van der Waals surface area contributed by atoms with Crippen LogP contribution in [0.4, 0.5) is 13.2 Å². The van der Waals surface area contributed by atoms with Crippen molar-refractivity contribution in [3.8, 4) is 5.75 Å². The van der Waals surface area contributed by atoms with Crippen LogP contribution in [-0.2, 0) is 11.2 Å². The van der Waals surface area contributed by atoms with E-state index in [9.17, 15) is 22.8 Å². The Kier molecular flexibility index (Phi) is 6.71. The standard InChI is InChI=1S/C19H20F3N3O3/c1-11-6-16(24-9-17(11)28-10-19(20,21)22)18(27)25-13(3)14-4-5-23-15(8-14)7-12(2)26/h4-6,8-9,13H,7,10H2,1-3H3,(H,25,27). The molecule has 0 aromatic carbocycles. The zero-order valence-electron chi connectivity index (χ0n) is 15.6. The van der Waals surface area contributed by atoms with Crippen LogP contribution < -0.4 is 10.1 Å². The summed E-state index contributed by atoms with van der Waals surface area (Å²) in [6, 6.07) is 4.44. The van der Waals surface area contributed by atoms with Crippen LogP contribution in [0.1, 0.15) is 47.2 Å². The lowest BCUT2D eigenvalue weighted by Gasteiger charge is -2.16. The second-order valence-electron chi connectivity index (χ2n) is 6.39. The second-order valence-corrected chi connectivity index (χ2v) is 6.39. The number of hydrogen-bond acceptors (Lipinski definition) is 5. The van der Waals surface area contributed by atoms with Crippen LogP contribution in [0.3, 0.4) is 0 Å². The maximum Gasteiger partial charge on any atom is 0.422 e. The first kappa shape index (κ1) is 21.3. The Balaban J connectivity index is 2.06. The summed E-state index contributed by atoms with van der Waals surface area (Å²) in [4.78, 5) is 31.6. The van der Waals surface area contributed by atoms with E-state index >= 15 is 0 Å². The lowest BCUT2D eigenvalue weighted by molar-refractivity contribution is -0.153. The molecule has 2 heterocycles. The van der Waals surface area contributed by atoms with Crippen molar-refractivity contribution in [3.63, 3.8) is 0 Å². The summed E-state index contributed by atoms with van der Waals surface area (Å²) in [7, 11) is 0. The van der Waals surface area contributed by atoms with Gasteiger partial charge < -0.3 is 10.1 Å². The molecule has 28 heavy (non-hydrogen) atoms. The summed E-state index contributed by atoms with van der Waals surface area (Å²) in [5.74, 6) is -0.540. The third-order valence-corrected chi connectivity index (χ3v) is 3.81. The van der Waals surface area contributed by atoms with Crippen LogP contribution >= 0.6 is 0 Å². The molecule has 1 amide bonds. The Morgan fingerprint density at radius 2 is 1.96 bits per heavy atom. The molecule has 2 aromatic rings. The first-order chi connectivity index (χ1) is 13.0. The van der Waals surface area contributed by atoms with Crippen LogP contribution in [-0.4, -0.2) is 34.4 Å². The molecule has 0 aliphatic heterocycles. The minimum Gasteiger partial charge on any atom is -0.482 e. The van der Waals surface area contributed by atoms with E-state index in [1.165, 1.54) is 19.9 Å². The van der Waals surface area contributed by atoms with Gasteiger partial charge in [-0.3, -0.25) is 14.6 Å². The molecule has 0 aliphatic rings. The monoisotopic (exact) mass is 395 g/mol. The van der Waals surface area contributed by atoms with Gasteiger partial charge in [0.25, 0.3) is 5.91 Å². The summed E-state index contributed by atoms with van der Waals surface area (Å²) in [6.07, 6.45) is -1.60. The summed E-state index contributed by atoms with van der Waals surface area (Å²) in [5.41, 5.74) is 1.79. The van der Waals surface area contributed by atoms with Crippen LogP contribution in [0, 0.1) is 6.92 Å². The first-order valence-electron chi connectivity index (χ1n) is 8.46. The molecule has 0 saturated heterocycles. The van der Waals surface area contributed by atoms with E-state index in [-0.39, 0.29) is 29.7 Å². The van der Waals surface area contributed by atoms with Gasteiger partial charge in [-0.1, -0.05) is 0 Å². The van der Waals surface area contributed by atoms with Crippen molar-refractivity contribution in [2.75, 3.05) is 6.61 Å². The Hall–Kier alpha value is -2.97. The van der Waals surface area contributed by atoms with Crippen molar-refractivity contribution >= 4 is 11.7 Å². The van der Waals surface area contributed by atoms with Crippen LogP contribution in [0.2, 0.25) is 0 Å². The summed E-state index contributed by atoms with van der Waals surface area (Å²) < 4.78 is 41.4. The molecule has 0 saturated carbocycles. The van der Waals surface area contributed by atoms with Crippen molar-refractivity contribution < 1.29 is 27.5 Å². The molecular weight excluding hydrogens is 375 g/mol. The molecule has 0 bridgehead atoms. The third kappa shape index (κ3) is 6.33. The van der Waals surface area contributed by atoms with Crippen molar-refractivity contribution in [2.24, 2.45) is 0 Å². The number of amides is 1. The number of rotatable bonds is 7. The SMILES string of the molecule is CC(=O)Cc1cc(C(C)NC(=O)c2cc(C)c(OCC(F)(F)F)cn2)ccn1. The van der Waals surface area contributed by atoms with Crippen LogP contribution in [0.5, 0.6) is 5.75 Å². The molecule has 9 heteroatoms. The lowest BCUT2D eigenvalue weighted by atomic mass is 10.1. The molecule has 0 radical (unpaired) electrons. The molecule has 2 rings (SSSR count). The average molecular weight is 395 g/mol. The van der Waals surface area contributed by atoms with Crippen molar-refractivity contribution in [1.82, 2.24) is 15.3 Å². The molecule has 2 aromatic heterocycles. The van der Waals surface area contributed by atoms with Gasteiger partial charge in [0.1, 0.15) is 17.2 Å². The normalized spacial score (nSPS) is 12.4. The van der Waals surface area contributed by atoms with Gasteiger partial charge in [-0.2, -0.15) is 13.2 Å². The maximum absolute atomic E-state index is 12.4. The Labute approximate surface area is 160 Å². The molecule has 1 atom stereocenters. The fraction of sp³-hybridized carbons (Fsp3) is 0.368. The number of aryl methyl sites for hydroxylation is 1. The largest absolute Gasteiger partial charge is 0.482 e. The Morgan fingerprint density at radius 3 is 2.57 bits per heavy atom. The molecule has 0 fully saturated rings. The zero-order valence-corrected chi connectivity index (χ0v) is 15.6. The van der Waals surface area contributed by atoms with Gasteiger partial charge in [-0.25, -0.2) is 4.98 Å². The van der Waals surface area contributed by atoms with E-state index in [4.69, 9.17) is 0 Å². The number of carbonyl (C=O) groups excluding carboxylic acids is 2. The number of nitrogens with zero attached hydrogens (tertiary/aromatic N) is 2. The molecule has 1 N–H and O–H groups in total. The van der Waals surface area contributed by atoms with E-state index in [0.29, 0.717) is 11.3 Å². The van der Waals surface area contributed by atoms with Crippen LogP contribution in [0.25, 0.3) is 0 Å². The van der Waals surface area contributed by atoms with Gasteiger partial charge in [0, 0.05) is 18.3 Å². The quantitative estimate of drug-likeness (QED) is 0.778. The smallest absolute Gasteiger partial charge is 0.422 e. The molecule has 0 spiro atoms. The Morgan fingerprint density at radius 1 is 1.25 bits per heavy atom. The summed E-state index contributed by atoms with van der Waals surface area (Å²) >= 11 is 0. The first-order valence-corrected chi connectivity index (χ1v) is 8.46. The van der Waals surface area contributed by atoms with Gasteiger partial charge in [-0.15, -0.1) is 0 Å². The average Bonchev–Trinajstić information content (AvgIpc) is 2.59. The lowest BCUT2D eigenvalue weighted by Crippen LogP contribution is -2.27. The highest BCUT2D eigenvalue weighted by molar-refractivity contribution is 5.92. The van der Waals surface area contributed by atoms with E-state index in [1.807, 2.05) is 0 Å². The number of ether oxygens (including phenoxy) is 1. The van der Waals surface area contributed by atoms with Crippen molar-refractivity contribution in [3.05, 3.63) is 53.1 Å². The number of Topliss-reactive ketones (excluding diaryl/α,β-unsaturated/α-hetero) is 1. The minimum atomic E-state index is -4.45. The second kappa shape index (κ2) is 8.81. The van der Waals surface area contributed by atoms with E-state index in [2.05, 4.69) is 20.0 Å². The van der Waals surface area contributed by atoms with Gasteiger partial charge in [0.15, 0.2) is 6.61 Å².